The lowest BCUT2D eigenvalue weighted by Crippen LogP contribution is -2.16. The van der Waals surface area contributed by atoms with Crippen LogP contribution >= 0.6 is 31.9 Å². The van der Waals surface area contributed by atoms with Gasteiger partial charge < -0.3 is 14.4 Å². The van der Waals surface area contributed by atoms with Gasteiger partial charge in [-0.1, -0.05) is 0 Å². The Morgan fingerprint density at radius 2 is 1.91 bits per heavy atom. The molecular weight excluding hydrogens is 286 g/mol. The van der Waals surface area contributed by atoms with Crippen molar-refractivity contribution in [1.29, 1.82) is 0 Å². The fourth-order valence-electron chi connectivity index (χ4n) is 0.167. The molecule has 0 aromatic carbocycles. The van der Waals surface area contributed by atoms with Crippen LogP contribution < -0.4 is 8.85 Å². The minimum atomic E-state index is -0.646. The van der Waals surface area contributed by atoms with E-state index in [1.807, 2.05) is 0 Å². The minimum Gasteiger partial charge on any atom is -0.392 e. The molecule has 0 bridgehead atoms. The second-order valence-corrected chi connectivity index (χ2v) is 2.32. The van der Waals surface area contributed by atoms with Crippen molar-refractivity contribution in [1.82, 2.24) is 8.85 Å². The Kier molecular flexibility index (Phi) is 6.24. The average molecular weight is 292 g/mol. The molecular formula is C3H6IN2O4P. The summed E-state index contributed by atoms with van der Waals surface area (Å²) in [7, 11) is 0.786. The largest absolute Gasteiger partial charge is 0.421 e. The normalized spacial score (nSPS) is 9.27. The first-order valence-corrected chi connectivity index (χ1v) is 4.31. The highest BCUT2D eigenvalue weighted by atomic mass is 127. The summed E-state index contributed by atoms with van der Waals surface area (Å²) in [4.78, 5) is 20.7. The molecule has 0 rings (SSSR count). The Hall–Kier alpha value is -0.300. The Morgan fingerprint density at radius 3 is 2.36 bits per heavy atom. The highest BCUT2D eigenvalue weighted by Gasteiger charge is 2.01. The summed E-state index contributed by atoms with van der Waals surface area (Å²) in [5.41, 5.74) is 0. The fourth-order valence-corrected chi connectivity index (χ4v) is 0.831. The molecule has 64 valence electrons. The maximum atomic E-state index is 10.3. The van der Waals surface area contributed by atoms with Crippen LogP contribution in [-0.4, -0.2) is 19.2 Å². The number of carbonyl (C=O) groups is 2. The van der Waals surface area contributed by atoms with E-state index in [4.69, 9.17) is 0 Å². The van der Waals surface area contributed by atoms with Crippen LogP contribution in [0.4, 0.5) is 9.59 Å². The molecule has 2 amide bonds. The predicted octanol–water partition coefficient (Wildman–Crippen LogP) is 0.927. The molecule has 0 aliphatic rings. The van der Waals surface area contributed by atoms with Crippen molar-refractivity contribution < 1.29 is 18.6 Å². The summed E-state index contributed by atoms with van der Waals surface area (Å²) in [5.74, 6) is 0. The van der Waals surface area contributed by atoms with Crippen molar-refractivity contribution in [3.63, 3.8) is 0 Å². The van der Waals surface area contributed by atoms with Gasteiger partial charge in [-0.15, -0.1) is 0 Å². The van der Waals surface area contributed by atoms with Gasteiger partial charge in [-0.2, -0.15) is 0 Å². The average Bonchev–Trinajstić information content (AvgIpc) is 2.04. The highest BCUT2D eigenvalue weighted by molar-refractivity contribution is 14.1. The van der Waals surface area contributed by atoms with Gasteiger partial charge in [0.1, 0.15) is 0 Å². The van der Waals surface area contributed by atoms with Crippen LogP contribution in [-0.2, 0) is 9.05 Å². The van der Waals surface area contributed by atoms with Crippen molar-refractivity contribution >= 4 is 44.1 Å². The van der Waals surface area contributed by atoms with Crippen molar-refractivity contribution in [3.05, 3.63) is 0 Å². The maximum absolute atomic E-state index is 10.3. The number of hydrogen-bond donors (Lipinski definition) is 2. The number of halogens is 1. The van der Waals surface area contributed by atoms with Gasteiger partial charge in [-0.05, 0) is 0 Å². The van der Waals surface area contributed by atoms with Gasteiger partial charge in [-0.25, -0.2) is 9.59 Å². The first-order chi connectivity index (χ1) is 5.20. The van der Waals surface area contributed by atoms with Crippen molar-refractivity contribution in [3.8, 4) is 0 Å². The van der Waals surface area contributed by atoms with Gasteiger partial charge in [0.05, 0.1) is 22.9 Å². The Labute approximate surface area is 78.8 Å². The molecule has 0 heterocycles. The molecule has 0 aliphatic carbocycles. The summed E-state index contributed by atoms with van der Waals surface area (Å²) in [6.07, 6.45) is -1.28. The van der Waals surface area contributed by atoms with Crippen LogP contribution in [0.5, 0.6) is 0 Å². The summed E-state index contributed by atoms with van der Waals surface area (Å²) in [6, 6.07) is 0. The van der Waals surface area contributed by atoms with Crippen LogP contribution in [0.1, 0.15) is 0 Å². The lowest BCUT2D eigenvalue weighted by molar-refractivity contribution is 0.195. The quantitative estimate of drug-likeness (QED) is 0.451. The Morgan fingerprint density at radius 1 is 1.36 bits per heavy atom. The molecule has 1 atom stereocenters. The van der Waals surface area contributed by atoms with Gasteiger partial charge in [0.2, 0.25) is 0 Å². The number of nitrogens with one attached hydrogen (secondary N) is 2. The van der Waals surface area contributed by atoms with E-state index in [0.717, 1.165) is 0 Å². The van der Waals surface area contributed by atoms with Crippen LogP contribution in [0.25, 0.3) is 0 Å². The molecule has 0 fully saturated rings. The first-order valence-electron chi connectivity index (χ1n) is 2.41. The van der Waals surface area contributed by atoms with E-state index < -0.39 is 21.2 Å². The van der Waals surface area contributed by atoms with Gasteiger partial charge >= 0.3 is 12.2 Å². The third kappa shape index (κ3) is 6.11. The van der Waals surface area contributed by atoms with Gasteiger partial charge in [0, 0.05) is 7.05 Å². The van der Waals surface area contributed by atoms with Crippen molar-refractivity contribution in [2.24, 2.45) is 0 Å². The molecule has 6 nitrogen and oxygen atoms in total. The SMILES string of the molecule is CNC(=O)OPOC(=O)NI. The predicted molar refractivity (Wildman–Crippen MR) is 47.5 cm³/mol. The standard InChI is InChI=1S/C3H6IN2O4P/c1-5-2(7)9-11-10-3(8)6-4/h11H,1H3,(H,5,7)(H,6,8). The van der Waals surface area contributed by atoms with E-state index >= 15 is 0 Å². The maximum Gasteiger partial charge on any atom is 0.421 e. The summed E-state index contributed by atoms with van der Waals surface area (Å²) >= 11 is 1.60. The monoisotopic (exact) mass is 292 g/mol. The number of carbonyl (C=O) groups excluding carboxylic acids is 2. The smallest absolute Gasteiger partial charge is 0.392 e. The Bertz CT molecular complexity index is 138. The fraction of sp³-hybridized carbons (Fsp3) is 0.333. The van der Waals surface area contributed by atoms with Crippen LogP contribution in [0.3, 0.4) is 0 Å². The second kappa shape index (κ2) is 6.41. The molecule has 0 aliphatic heterocycles. The van der Waals surface area contributed by atoms with Crippen molar-refractivity contribution in [2.45, 2.75) is 0 Å². The lowest BCUT2D eigenvalue weighted by atomic mass is 11.1. The summed E-state index contributed by atoms with van der Waals surface area (Å²) in [5, 5.41) is 2.19. The van der Waals surface area contributed by atoms with E-state index in [2.05, 4.69) is 17.9 Å². The topological polar surface area (TPSA) is 76.7 Å². The molecule has 2 N–H and O–H groups in total. The number of hydrogen-bond acceptors (Lipinski definition) is 4. The van der Waals surface area contributed by atoms with Crippen LogP contribution in [0, 0.1) is 0 Å². The van der Waals surface area contributed by atoms with E-state index in [1.165, 1.54) is 7.05 Å². The summed E-state index contributed by atoms with van der Waals surface area (Å²) in [6.45, 7) is 0. The highest BCUT2D eigenvalue weighted by Crippen LogP contribution is 2.13. The summed E-state index contributed by atoms with van der Waals surface area (Å²) < 4.78 is 10.9. The lowest BCUT2D eigenvalue weighted by Gasteiger charge is -2.01. The molecule has 11 heavy (non-hydrogen) atoms. The van der Waals surface area contributed by atoms with E-state index in [1.54, 1.807) is 22.9 Å². The van der Waals surface area contributed by atoms with Gasteiger partial charge in [0.15, 0.2) is 0 Å². The zero-order valence-corrected chi connectivity index (χ0v) is 8.67. The van der Waals surface area contributed by atoms with Gasteiger partial charge in [-0.3, -0.25) is 3.53 Å². The molecule has 0 saturated heterocycles. The molecule has 0 spiro atoms. The van der Waals surface area contributed by atoms with Gasteiger partial charge in [0.25, 0.3) is 9.03 Å². The first kappa shape index (κ1) is 10.7. The minimum absolute atomic E-state index is 0.622. The van der Waals surface area contributed by atoms with E-state index in [0.29, 0.717) is 0 Å². The molecule has 1 unspecified atom stereocenters. The molecule has 0 saturated carbocycles. The van der Waals surface area contributed by atoms with Crippen LogP contribution in [0.15, 0.2) is 0 Å². The number of amides is 2. The third-order valence-electron chi connectivity index (χ3n) is 0.550. The third-order valence-corrected chi connectivity index (χ3v) is 1.53. The van der Waals surface area contributed by atoms with Crippen LogP contribution in [0.2, 0.25) is 0 Å². The molecule has 0 radical (unpaired) electrons. The molecule has 0 aromatic rings. The molecule has 0 aromatic heterocycles. The molecule has 8 heteroatoms. The van der Waals surface area contributed by atoms with Crippen molar-refractivity contribution in [2.75, 3.05) is 7.05 Å². The number of rotatable bonds is 2. The van der Waals surface area contributed by atoms with E-state index in [9.17, 15) is 9.59 Å². The zero-order chi connectivity index (χ0) is 8.69. The van der Waals surface area contributed by atoms with E-state index in [-0.39, 0.29) is 0 Å². The Balaban J connectivity index is 3.27. The second-order valence-electron chi connectivity index (χ2n) is 1.21. The zero-order valence-electron chi connectivity index (χ0n) is 5.51.